The fourth-order valence-electron chi connectivity index (χ4n) is 6.45. The van der Waals surface area contributed by atoms with Crippen molar-refractivity contribution in [1.29, 1.82) is 0 Å². The van der Waals surface area contributed by atoms with Crippen LogP contribution < -0.4 is 0 Å². The first kappa shape index (κ1) is 17.8. The van der Waals surface area contributed by atoms with Gasteiger partial charge in [-0.1, -0.05) is 26.8 Å². The van der Waals surface area contributed by atoms with Gasteiger partial charge in [-0.25, -0.2) is 0 Å². The molecule has 3 aliphatic rings. The van der Waals surface area contributed by atoms with E-state index in [0.717, 1.165) is 19.3 Å². The summed E-state index contributed by atoms with van der Waals surface area (Å²) in [7, 11) is 1.73. The summed E-state index contributed by atoms with van der Waals surface area (Å²) in [5, 5.41) is 0. The molecule has 0 aromatic heterocycles. The highest BCUT2D eigenvalue weighted by molar-refractivity contribution is 5.92. The van der Waals surface area contributed by atoms with Gasteiger partial charge in [0.2, 0.25) is 0 Å². The SMILES string of the molecule is C=C[C@]1(C)C[C@H](OC)[C@@]2(C)[C@H](C)CC[C@@]3(CCC(=O)[C@@H]32)[C@@H](C)C1=O. The lowest BCUT2D eigenvalue weighted by Gasteiger charge is -2.60. The summed E-state index contributed by atoms with van der Waals surface area (Å²) in [6.07, 6.45) is 5.87. The van der Waals surface area contributed by atoms with E-state index in [-0.39, 0.29) is 34.6 Å². The highest BCUT2D eigenvalue weighted by atomic mass is 16.5. The van der Waals surface area contributed by atoms with Gasteiger partial charge in [0.05, 0.1) is 6.10 Å². The predicted octanol–water partition coefficient (Wildman–Crippen LogP) is 4.20. The first-order valence-corrected chi connectivity index (χ1v) is 9.41. The number of hydrogen-bond acceptors (Lipinski definition) is 3. The molecule has 0 saturated heterocycles. The number of Topliss-reactive ketones (excluding diaryl/α,β-unsaturated/α-hetero) is 2. The van der Waals surface area contributed by atoms with Crippen molar-refractivity contribution in [3.8, 4) is 0 Å². The molecule has 0 aromatic carbocycles. The topological polar surface area (TPSA) is 43.4 Å². The van der Waals surface area contributed by atoms with Gasteiger partial charge in [-0.2, -0.15) is 0 Å². The Hall–Kier alpha value is -0.960. The Morgan fingerprint density at radius 1 is 1.21 bits per heavy atom. The zero-order chi connectivity index (χ0) is 17.9. The van der Waals surface area contributed by atoms with Gasteiger partial charge in [-0.05, 0) is 43.9 Å². The van der Waals surface area contributed by atoms with Gasteiger partial charge < -0.3 is 4.74 Å². The van der Waals surface area contributed by atoms with E-state index in [1.807, 2.05) is 13.0 Å². The number of carbonyl (C=O) groups excluding carboxylic acids is 2. The summed E-state index contributed by atoms with van der Waals surface area (Å²) in [5.41, 5.74) is -0.973. The van der Waals surface area contributed by atoms with Crippen LogP contribution in [0.5, 0.6) is 0 Å². The molecule has 0 heterocycles. The summed E-state index contributed by atoms with van der Waals surface area (Å²) < 4.78 is 5.97. The van der Waals surface area contributed by atoms with Gasteiger partial charge in [0.25, 0.3) is 0 Å². The quantitative estimate of drug-likeness (QED) is 0.712. The molecule has 0 aromatic rings. The minimum atomic E-state index is -0.581. The van der Waals surface area contributed by atoms with Crippen molar-refractivity contribution in [2.24, 2.45) is 34.0 Å². The van der Waals surface area contributed by atoms with Crippen LogP contribution in [0.3, 0.4) is 0 Å². The zero-order valence-electron chi connectivity index (χ0n) is 15.9. The van der Waals surface area contributed by atoms with Crippen LogP contribution in [0.4, 0.5) is 0 Å². The van der Waals surface area contributed by atoms with Crippen LogP contribution in [0, 0.1) is 34.0 Å². The van der Waals surface area contributed by atoms with Crippen LogP contribution in [-0.4, -0.2) is 24.8 Å². The maximum absolute atomic E-state index is 13.4. The van der Waals surface area contributed by atoms with Crippen LogP contribution >= 0.6 is 0 Å². The smallest absolute Gasteiger partial charge is 0.145 e. The Kier molecular flexibility index (Phi) is 4.11. The third-order valence-electron chi connectivity index (χ3n) is 8.32. The highest BCUT2D eigenvalue weighted by Crippen LogP contribution is 2.67. The number of carbonyl (C=O) groups is 2. The molecule has 3 saturated carbocycles. The maximum Gasteiger partial charge on any atom is 0.145 e. The molecule has 2 bridgehead atoms. The normalized spacial score (nSPS) is 51.7. The van der Waals surface area contributed by atoms with E-state index in [4.69, 9.17) is 4.74 Å². The van der Waals surface area contributed by atoms with E-state index in [2.05, 4.69) is 27.4 Å². The molecule has 24 heavy (non-hydrogen) atoms. The lowest BCUT2D eigenvalue weighted by Crippen LogP contribution is -2.61. The Bertz CT molecular complexity index is 582. The van der Waals surface area contributed by atoms with E-state index in [1.165, 1.54) is 0 Å². The highest BCUT2D eigenvalue weighted by Gasteiger charge is 2.67. The molecule has 0 spiro atoms. The fraction of sp³-hybridized carbons (Fsp3) is 0.810. The number of rotatable bonds is 2. The third kappa shape index (κ3) is 2.00. The fourth-order valence-corrected chi connectivity index (χ4v) is 6.45. The minimum Gasteiger partial charge on any atom is -0.381 e. The molecule has 3 heteroatoms. The summed E-state index contributed by atoms with van der Waals surface area (Å²) in [6.45, 7) is 12.6. The molecular weight excluding hydrogens is 300 g/mol. The van der Waals surface area contributed by atoms with E-state index in [0.29, 0.717) is 24.5 Å². The summed E-state index contributed by atoms with van der Waals surface area (Å²) in [6, 6.07) is 0. The first-order chi connectivity index (χ1) is 11.2. The molecule has 3 nitrogen and oxygen atoms in total. The van der Waals surface area contributed by atoms with E-state index in [1.54, 1.807) is 7.11 Å². The van der Waals surface area contributed by atoms with Crippen LogP contribution in [0.1, 0.15) is 59.8 Å². The molecule has 0 radical (unpaired) electrons. The zero-order valence-corrected chi connectivity index (χ0v) is 15.9. The third-order valence-corrected chi connectivity index (χ3v) is 8.32. The monoisotopic (exact) mass is 332 g/mol. The van der Waals surface area contributed by atoms with E-state index < -0.39 is 5.41 Å². The van der Waals surface area contributed by atoms with Crippen molar-refractivity contribution in [3.63, 3.8) is 0 Å². The van der Waals surface area contributed by atoms with Crippen molar-refractivity contribution in [3.05, 3.63) is 12.7 Å². The molecule has 0 aliphatic heterocycles. The summed E-state index contributed by atoms with van der Waals surface area (Å²) in [5.74, 6) is 0.870. The number of ether oxygens (including phenoxy) is 1. The lowest BCUT2D eigenvalue weighted by atomic mass is 9.44. The van der Waals surface area contributed by atoms with Gasteiger partial charge in [0.1, 0.15) is 11.6 Å². The molecule has 134 valence electrons. The second kappa shape index (κ2) is 5.52. The summed E-state index contributed by atoms with van der Waals surface area (Å²) >= 11 is 0. The van der Waals surface area contributed by atoms with Gasteiger partial charge in [0.15, 0.2) is 0 Å². The number of hydrogen-bond donors (Lipinski definition) is 0. The van der Waals surface area contributed by atoms with Crippen LogP contribution in [0.25, 0.3) is 0 Å². The predicted molar refractivity (Wildman–Crippen MR) is 94.6 cm³/mol. The van der Waals surface area contributed by atoms with Crippen molar-refractivity contribution in [2.75, 3.05) is 7.11 Å². The Labute approximate surface area is 146 Å². The van der Waals surface area contributed by atoms with Crippen molar-refractivity contribution in [1.82, 2.24) is 0 Å². The van der Waals surface area contributed by atoms with Gasteiger partial charge in [-0.15, -0.1) is 6.58 Å². The average Bonchev–Trinajstić information content (AvgIpc) is 2.92. The molecule has 3 aliphatic carbocycles. The Morgan fingerprint density at radius 3 is 2.46 bits per heavy atom. The lowest BCUT2D eigenvalue weighted by molar-refractivity contribution is -0.180. The van der Waals surface area contributed by atoms with E-state index >= 15 is 0 Å². The summed E-state index contributed by atoms with van der Waals surface area (Å²) in [4.78, 5) is 26.4. The molecule has 0 amide bonds. The first-order valence-electron chi connectivity index (χ1n) is 9.41. The molecule has 0 unspecified atom stereocenters. The largest absolute Gasteiger partial charge is 0.381 e. The van der Waals surface area contributed by atoms with Crippen molar-refractivity contribution >= 4 is 11.6 Å². The molecular formula is C21H32O3. The Balaban J connectivity index is 2.24. The van der Waals surface area contributed by atoms with Gasteiger partial charge in [-0.3, -0.25) is 9.59 Å². The average molecular weight is 332 g/mol. The molecule has 3 fully saturated rings. The molecule has 7 atom stereocenters. The molecule has 0 N–H and O–H groups in total. The van der Waals surface area contributed by atoms with Crippen LogP contribution in [-0.2, 0) is 14.3 Å². The molecule has 3 rings (SSSR count). The maximum atomic E-state index is 13.4. The van der Waals surface area contributed by atoms with Crippen LogP contribution in [0.2, 0.25) is 0 Å². The minimum absolute atomic E-state index is 0.0491. The second-order valence-corrected chi connectivity index (χ2v) is 9.07. The number of allylic oxidation sites excluding steroid dienone is 1. The Morgan fingerprint density at radius 2 is 1.88 bits per heavy atom. The van der Waals surface area contributed by atoms with Gasteiger partial charge >= 0.3 is 0 Å². The number of ketones is 2. The van der Waals surface area contributed by atoms with E-state index in [9.17, 15) is 9.59 Å². The van der Waals surface area contributed by atoms with Crippen LogP contribution in [0.15, 0.2) is 12.7 Å². The number of methoxy groups -OCH3 is 1. The second-order valence-electron chi connectivity index (χ2n) is 9.07. The van der Waals surface area contributed by atoms with Gasteiger partial charge in [0, 0.05) is 36.2 Å². The standard InChI is InChI=1S/C21H32O3/c1-7-19(4)12-16(24-6)20(5)13(2)8-10-21(14(3)18(19)23)11-9-15(22)17(20)21/h7,13-14,16-17H,1,8-12H2,2-6H3/t13-,14+,16+,17-,19-,20-,21-/m1/s1. The van der Waals surface area contributed by atoms with Crippen molar-refractivity contribution in [2.45, 2.75) is 65.9 Å². The van der Waals surface area contributed by atoms with Crippen molar-refractivity contribution < 1.29 is 14.3 Å².